The van der Waals surface area contributed by atoms with Crippen LogP contribution in [0.1, 0.15) is 39.5 Å². The van der Waals surface area contributed by atoms with E-state index in [9.17, 15) is 4.79 Å². The van der Waals surface area contributed by atoms with Gasteiger partial charge in [0.1, 0.15) is 6.61 Å². The maximum Gasteiger partial charge on any atom is 0.308 e. The Morgan fingerprint density at radius 3 is 0.935 bits per heavy atom. The monoisotopic (exact) mass is 782 g/mol. The van der Waals surface area contributed by atoms with E-state index < -0.39 is 0 Å². The molecule has 0 bridgehead atoms. The highest BCUT2D eigenvalue weighted by Crippen LogP contribution is 2.14. The summed E-state index contributed by atoms with van der Waals surface area (Å²) < 4.78 is 66.2. The Hall–Kier alpha value is -0.240. The molecule has 0 aliphatic carbocycles. The Morgan fingerprint density at radius 2 is 0.696 bits per heavy atom. The molecule has 276 valence electrons. The Labute approximate surface area is 291 Å². The lowest BCUT2D eigenvalue weighted by Crippen LogP contribution is -2.20. The fraction of sp³-hybridized carbons (Fsp3) is 0.969. The van der Waals surface area contributed by atoms with Crippen LogP contribution in [0.4, 0.5) is 0 Å². The van der Waals surface area contributed by atoms with Crippen molar-refractivity contribution in [1.82, 2.24) is 0 Å². The van der Waals surface area contributed by atoms with Crippen molar-refractivity contribution in [2.24, 2.45) is 5.92 Å². The molecule has 0 aliphatic rings. The second kappa shape index (κ2) is 40.9. The summed E-state index contributed by atoms with van der Waals surface area (Å²) in [6, 6.07) is 0. The Balaban J connectivity index is 3.13. The van der Waals surface area contributed by atoms with E-state index in [1.165, 1.54) is 0 Å². The molecule has 0 rings (SSSR count). The maximum absolute atomic E-state index is 12.0. The summed E-state index contributed by atoms with van der Waals surface area (Å²) in [5, 5.41) is 0. The number of hydrogen-bond acceptors (Lipinski definition) is 13. The van der Waals surface area contributed by atoms with Gasteiger partial charge in [0.05, 0.1) is 151 Å². The van der Waals surface area contributed by atoms with Gasteiger partial charge in [0, 0.05) is 4.43 Å². The third-order valence-electron chi connectivity index (χ3n) is 6.15. The van der Waals surface area contributed by atoms with Crippen LogP contribution in [0.2, 0.25) is 0 Å². The number of carbonyl (C=O) groups is 1. The summed E-state index contributed by atoms with van der Waals surface area (Å²) in [6.45, 7) is 15.9. The third-order valence-corrected chi connectivity index (χ3v) is 6.59. The van der Waals surface area contributed by atoms with Crippen LogP contribution >= 0.6 is 22.6 Å². The van der Waals surface area contributed by atoms with Gasteiger partial charge in [-0.3, -0.25) is 4.79 Å². The minimum absolute atomic E-state index is 0.00242. The van der Waals surface area contributed by atoms with Crippen molar-refractivity contribution in [3.63, 3.8) is 0 Å². The molecule has 0 saturated heterocycles. The standard InChI is InChI=1S/C32H63IO13/c1-3-5-6-31(4-2)32(34)46-30-29-45-28-27-44-26-25-43-24-23-42-22-21-41-20-19-40-18-17-39-16-15-38-14-13-37-12-11-36-10-9-35-8-7-33/h31H,3-30H2,1-2H3. The van der Waals surface area contributed by atoms with E-state index in [0.29, 0.717) is 139 Å². The highest BCUT2D eigenvalue weighted by atomic mass is 127. The number of carbonyl (C=O) groups excluding carboxylic acids is 1. The SMILES string of the molecule is CCCCC(CC)C(=O)OCCOCCOCCOCCOCCOCCOCCOCCOCCOCCOCCOCCI. The lowest BCUT2D eigenvalue weighted by atomic mass is 10.00. The topological polar surface area (TPSA) is 128 Å². The molecule has 0 aromatic carbocycles. The molecule has 0 spiro atoms. The molecule has 0 fully saturated rings. The summed E-state index contributed by atoms with van der Waals surface area (Å²) in [4.78, 5) is 12.0. The molecule has 0 aromatic heterocycles. The van der Waals surface area contributed by atoms with Crippen LogP contribution in [0, 0.1) is 5.92 Å². The zero-order chi connectivity index (χ0) is 33.4. The van der Waals surface area contributed by atoms with E-state index in [0.717, 1.165) is 36.7 Å². The van der Waals surface area contributed by atoms with Gasteiger partial charge in [0.25, 0.3) is 0 Å². The molecule has 1 atom stereocenters. The van der Waals surface area contributed by atoms with Crippen molar-refractivity contribution < 1.29 is 61.6 Å². The van der Waals surface area contributed by atoms with Gasteiger partial charge in [-0.2, -0.15) is 0 Å². The molecule has 0 heterocycles. The van der Waals surface area contributed by atoms with Crippen LogP contribution in [0.5, 0.6) is 0 Å². The molecule has 0 N–H and O–H groups in total. The van der Waals surface area contributed by atoms with Crippen LogP contribution in [0.15, 0.2) is 0 Å². The largest absolute Gasteiger partial charge is 0.463 e. The molecular formula is C32H63IO13. The number of alkyl halides is 1. The predicted molar refractivity (Wildman–Crippen MR) is 182 cm³/mol. The number of unbranched alkanes of at least 4 members (excludes halogenated alkanes) is 1. The number of hydrogen-bond donors (Lipinski definition) is 0. The Kier molecular flexibility index (Phi) is 40.7. The van der Waals surface area contributed by atoms with Gasteiger partial charge in [-0.15, -0.1) is 0 Å². The van der Waals surface area contributed by atoms with Crippen LogP contribution < -0.4 is 0 Å². The van der Waals surface area contributed by atoms with Crippen molar-refractivity contribution >= 4 is 28.6 Å². The summed E-state index contributed by atoms with van der Waals surface area (Å²) in [7, 11) is 0. The molecule has 0 saturated carbocycles. The Morgan fingerprint density at radius 1 is 0.435 bits per heavy atom. The van der Waals surface area contributed by atoms with E-state index in [2.05, 4.69) is 29.5 Å². The van der Waals surface area contributed by atoms with Gasteiger partial charge >= 0.3 is 5.97 Å². The summed E-state index contributed by atoms with van der Waals surface area (Å²) >= 11 is 2.28. The number of ether oxygens (including phenoxy) is 12. The quantitative estimate of drug-likeness (QED) is 0.0391. The molecule has 0 aliphatic heterocycles. The second-order valence-electron chi connectivity index (χ2n) is 9.84. The van der Waals surface area contributed by atoms with Gasteiger partial charge < -0.3 is 56.8 Å². The van der Waals surface area contributed by atoms with Crippen LogP contribution in [0.3, 0.4) is 0 Å². The normalized spacial score (nSPS) is 12.2. The lowest BCUT2D eigenvalue weighted by Gasteiger charge is -2.13. The zero-order valence-corrected chi connectivity index (χ0v) is 30.7. The number of esters is 1. The highest BCUT2D eigenvalue weighted by molar-refractivity contribution is 14.1. The van der Waals surface area contributed by atoms with Crippen LogP contribution in [-0.2, 0) is 61.6 Å². The first kappa shape index (κ1) is 45.8. The van der Waals surface area contributed by atoms with Crippen molar-refractivity contribution in [3.8, 4) is 0 Å². The second-order valence-corrected chi connectivity index (χ2v) is 10.9. The minimum atomic E-state index is -0.119. The average molecular weight is 783 g/mol. The maximum atomic E-state index is 12.0. The van der Waals surface area contributed by atoms with Crippen LogP contribution in [-0.4, -0.2) is 162 Å². The summed E-state index contributed by atoms with van der Waals surface area (Å²) in [6.07, 6.45) is 3.84. The number of halogens is 1. The predicted octanol–water partition coefficient (Wildman–Crippen LogP) is 3.36. The minimum Gasteiger partial charge on any atom is -0.463 e. The first-order chi connectivity index (χ1) is 22.8. The molecule has 1 unspecified atom stereocenters. The first-order valence-corrected chi connectivity index (χ1v) is 18.4. The fourth-order valence-corrected chi connectivity index (χ4v) is 3.93. The van der Waals surface area contributed by atoms with Gasteiger partial charge in [0.2, 0.25) is 0 Å². The van der Waals surface area contributed by atoms with E-state index in [4.69, 9.17) is 56.8 Å². The molecule has 0 radical (unpaired) electrons. The number of rotatable bonds is 40. The molecule has 13 nitrogen and oxygen atoms in total. The average Bonchev–Trinajstić information content (AvgIpc) is 3.06. The van der Waals surface area contributed by atoms with E-state index in [-0.39, 0.29) is 18.5 Å². The zero-order valence-electron chi connectivity index (χ0n) is 28.6. The van der Waals surface area contributed by atoms with E-state index in [1.54, 1.807) is 0 Å². The summed E-state index contributed by atoms with van der Waals surface area (Å²) in [5.74, 6) is -0.122. The van der Waals surface area contributed by atoms with Crippen molar-refractivity contribution in [1.29, 1.82) is 0 Å². The molecule has 14 heteroatoms. The van der Waals surface area contributed by atoms with Gasteiger partial charge in [-0.1, -0.05) is 49.3 Å². The highest BCUT2D eigenvalue weighted by Gasteiger charge is 2.16. The smallest absolute Gasteiger partial charge is 0.308 e. The lowest BCUT2D eigenvalue weighted by molar-refractivity contribution is -0.150. The molecular weight excluding hydrogens is 719 g/mol. The van der Waals surface area contributed by atoms with E-state index >= 15 is 0 Å². The Bertz CT molecular complexity index is 592. The van der Waals surface area contributed by atoms with Gasteiger partial charge in [0.15, 0.2) is 0 Å². The third kappa shape index (κ3) is 36.6. The van der Waals surface area contributed by atoms with Crippen molar-refractivity contribution in [2.75, 3.05) is 156 Å². The fourth-order valence-electron chi connectivity index (χ4n) is 3.61. The molecule has 0 aromatic rings. The van der Waals surface area contributed by atoms with Gasteiger partial charge in [-0.25, -0.2) is 0 Å². The molecule has 0 amide bonds. The van der Waals surface area contributed by atoms with Crippen molar-refractivity contribution in [3.05, 3.63) is 0 Å². The van der Waals surface area contributed by atoms with E-state index in [1.807, 2.05) is 6.92 Å². The van der Waals surface area contributed by atoms with Crippen molar-refractivity contribution in [2.45, 2.75) is 39.5 Å². The summed E-state index contributed by atoms with van der Waals surface area (Å²) in [5.41, 5.74) is 0. The molecule has 46 heavy (non-hydrogen) atoms. The first-order valence-electron chi connectivity index (χ1n) is 16.8. The van der Waals surface area contributed by atoms with Gasteiger partial charge in [-0.05, 0) is 12.8 Å². The van der Waals surface area contributed by atoms with Crippen LogP contribution in [0.25, 0.3) is 0 Å².